The minimum Gasteiger partial charge on any atom is -0.309 e. The van der Waals surface area contributed by atoms with Crippen molar-refractivity contribution in [3.8, 4) is 0 Å². The van der Waals surface area contributed by atoms with E-state index in [9.17, 15) is 13.2 Å². The highest BCUT2D eigenvalue weighted by Gasteiger charge is 2.19. The van der Waals surface area contributed by atoms with E-state index < -0.39 is 15.9 Å². The van der Waals surface area contributed by atoms with Crippen LogP contribution in [0.4, 0.5) is 0 Å². The molecule has 1 saturated heterocycles. The van der Waals surface area contributed by atoms with Crippen LogP contribution in [-0.2, 0) is 14.8 Å². The van der Waals surface area contributed by atoms with E-state index in [2.05, 4.69) is 10.0 Å². The molecule has 0 aromatic rings. The van der Waals surface area contributed by atoms with Crippen LogP contribution in [0, 0.1) is 0 Å². The molecule has 0 unspecified atom stereocenters. The molecule has 0 bridgehead atoms. The average Bonchev–Trinajstić information content (AvgIpc) is 1.99. The molecule has 5 nitrogen and oxygen atoms in total. The molecular formula is C9H16N2O3S. The highest BCUT2D eigenvalue weighted by molar-refractivity contribution is 7.90. The summed E-state index contributed by atoms with van der Waals surface area (Å²) in [6, 6.07) is 0. The summed E-state index contributed by atoms with van der Waals surface area (Å²) >= 11 is 0. The first-order chi connectivity index (χ1) is 6.96. The maximum absolute atomic E-state index is 11.5. The van der Waals surface area contributed by atoms with Gasteiger partial charge in [0.15, 0.2) is 0 Å². The van der Waals surface area contributed by atoms with Crippen molar-refractivity contribution in [2.75, 3.05) is 18.8 Å². The van der Waals surface area contributed by atoms with Crippen molar-refractivity contribution < 1.29 is 13.2 Å². The molecule has 1 heterocycles. The highest BCUT2D eigenvalue weighted by atomic mass is 32.2. The van der Waals surface area contributed by atoms with E-state index in [-0.39, 0.29) is 5.75 Å². The number of sulfonamides is 1. The van der Waals surface area contributed by atoms with Gasteiger partial charge in [-0.3, -0.25) is 4.79 Å². The van der Waals surface area contributed by atoms with Crippen LogP contribution >= 0.6 is 0 Å². The summed E-state index contributed by atoms with van der Waals surface area (Å²) in [5, 5.41) is 3.00. The third-order valence-corrected chi connectivity index (χ3v) is 3.71. The second kappa shape index (κ2) is 4.76. The molecule has 2 N–H and O–H groups in total. The molecule has 6 heteroatoms. The Balaban J connectivity index is 2.63. The van der Waals surface area contributed by atoms with Crippen LogP contribution in [0.15, 0.2) is 11.1 Å². The first-order valence-corrected chi connectivity index (χ1v) is 6.55. The smallest absolute Gasteiger partial charge is 0.260 e. The summed E-state index contributed by atoms with van der Waals surface area (Å²) in [5.74, 6) is -0.514. The normalized spacial score (nSPS) is 15.7. The van der Waals surface area contributed by atoms with Gasteiger partial charge in [0.05, 0.1) is 5.75 Å². The monoisotopic (exact) mass is 232 g/mol. The van der Waals surface area contributed by atoms with Crippen LogP contribution in [-0.4, -0.2) is 33.2 Å². The van der Waals surface area contributed by atoms with E-state index in [1.54, 1.807) is 13.8 Å². The minimum atomic E-state index is -3.45. The van der Waals surface area contributed by atoms with Crippen LogP contribution < -0.4 is 10.0 Å². The second-order valence-corrected chi connectivity index (χ2v) is 5.42. The number of carbonyl (C=O) groups excluding carboxylic acids is 1. The van der Waals surface area contributed by atoms with Gasteiger partial charge in [0.2, 0.25) is 10.0 Å². The second-order valence-electron chi connectivity index (χ2n) is 3.58. The molecule has 1 aliphatic heterocycles. The van der Waals surface area contributed by atoms with Crippen molar-refractivity contribution in [3.05, 3.63) is 11.1 Å². The van der Waals surface area contributed by atoms with Crippen LogP contribution in [0.5, 0.6) is 0 Å². The summed E-state index contributed by atoms with van der Waals surface area (Å²) in [4.78, 5) is 11.5. The fourth-order valence-electron chi connectivity index (χ4n) is 1.21. The van der Waals surface area contributed by atoms with Gasteiger partial charge in [-0.15, -0.1) is 0 Å². The third kappa shape index (κ3) is 3.32. The third-order valence-electron chi connectivity index (χ3n) is 2.27. The molecule has 0 aromatic carbocycles. The zero-order valence-electron chi connectivity index (χ0n) is 8.96. The van der Waals surface area contributed by atoms with Gasteiger partial charge >= 0.3 is 0 Å². The molecular weight excluding hydrogens is 216 g/mol. The number of hydrogen-bond donors (Lipinski definition) is 2. The Hall–Kier alpha value is -0.880. The van der Waals surface area contributed by atoms with Crippen molar-refractivity contribution in [3.63, 3.8) is 0 Å². The lowest BCUT2D eigenvalue weighted by atomic mass is 10.0. The van der Waals surface area contributed by atoms with Crippen LogP contribution in [0.2, 0.25) is 0 Å². The lowest BCUT2D eigenvalue weighted by Gasteiger charge is -2.21. The molecule has 0 atom stereocenters. The zero-order chi connectivity index (χ0) is 11.5. The molecule has 0 saturated carbocycles. The molecule has 0 spiro atoms. The fraction of sp³-hybridized carbons (Fsp3) is 0.667. The minimum absolute atomic E-state index is 0.0143. The van der Waals surface area contributed by atoms with E-state index in [1.165, 1.54) is 0 Å². The number of carbonyl (C=O) groups is 1. The first-order valence-electron chi connectivity index (χ1n) is 4.90. The lowest BCUT2D eigenvalue weighted by Crippen LogP contribution is -2.39. The van der Waals surface area contributed by atoms with Crippen molar-refractivity contribution in [1.29, 1.82) is 0 Å². The Kier molecular flexibility index (Phi) is 3.87. The van der Waals surface area contributed by atoms with Crippen LogP contribution in [0.3, 0.4) is 0 Å². The molecule has 1 amide bonds. The summed E-state index contributed by atoms with van der Waals surface area (Å²) in [7, 11) is -3.45. The number of amides is 1. The molecule has 86 valence electrons. The van der Waals surface area contributed by atoms with Gasteiger partial charge in [-0.05, 0) is 18.9 Å². The molecule has 15 heavy (non-hydrogen) atoms. The van der Waals surface area contributed by atoms with Gasteiger partial charge in [0, 0.05) is 18.7 Å². The first kappa shape index (κ1) is 12.2. The molecule has 1 rings (SSSR count). The lowest BCUT2D eigenvalue weighted by molar-refractivity contribution is -0.115. The average molecular weight is 232 g/mol. The maximum Gasteiger partial charge on any atom is 0.260 e. The fourth-order valence-corrected chi connectivity index (χ4v) is 2.29. The SMILES string of the molecule is CCCS(=O)(=O)NC(=O)C(C)=C1CNC1. The van der Waals surface area contributed by atoms with Crippen molar-refractivity contribution in [1.82, 2.24) is 10.0 Å². The number of rotatable bonds is 4. The van der Waals surface area contributed by atoms with Gasteiger partial charge in [-0.2, -0.15) is 0 Å². The predicted molar refractivity (Wildman–Crippen MR) is 57.8 cm³/mol. The van der Waals surface area contributed by atoms with E-state index in [1.807, 2.05) is 0 Å². The standard InChI is InChI=1S/C9H16N2O3S/c1-3-4-15(13,14)11-9(12)7(2)8-5-10-6-8/h10H,3-6H2,1-2H3,(H,11,12). The summed E-state index contributed by atoms with van der Waals surface area (Å²) in [6.45, 7) is 4.75. The van der Waals surface area contributed by atoms with Gasteiger partial charge in [-0.25, -0.2) is 13.1 Å². The summed E-state index contributed by atoms with van der Waals surface area (Å²) in [5.41, 5.74) is 1.48. The van der Waals surface area contributed by atoms with Gasteiger partial charge in [0.25, 0.3) is 5.91 Å². The number of nitrogens with one attached hydrogen (secondary N) is 2. The Bertz CT molecular complexity index is 378. The van der Waals surface area contributed by atoms with Crippen LogP contribution in [0.1, 0.15) is 20.3 Å². The van der Waals surface area contributed by atoms with Gasteiger partial charge in [-0.1, -0.05) is 6.92 Å². The predicted octanol–water partition coefficient (Wildman–Crippen LogP) is -0.238. The van der Waals surface area contributed by atoms with E-state index in [0.717, 1.165) is 5.57 Å². The topological polar surface area (TPSA) is 75.3 Å². The Morgan fingerprint density at radius 2 is 2.07 bits per heavy atom. The van der Waals surface area contributed by atoms with Crippen molar-refractivity contribution in [2.24, 2.45) is 0 Å². The molecule has 0 aromatic heterocycles. The molecule has 0 aliphatic carbocycles. The van der Waals surface area contributed by atoms with Gasteiger partial charge in [0.1, 0.15) is 0 Å². The van der Waals surface area contributed by atoms with Crippen molar-refractivity contribution in [2.45, 2.75) is 20.3 Å². The Labute approximate surface area is 90.0 Å². The maximum atomic E-state index is 11.5. The van der Waals surface area contributed by atoms with E-state index in [4.69, 9.17) is 0 Å². The summed E-state index contributed by atoms with van der Waals surface area (Å²) < 4.78 is 24.7. The van der Waals surface area contributed by atoms with E-state index in [0.29, 0.717) is 25.1 Å². The quantitative estimate of drug-likeness (QED) is 0.656. The Morgan fingerprint density at radius 1 is 1.47 bits per heavy atom. The largest absolute Gasteiger partial charge is 0.309 e. The van der Waals surface area contributed by atoms with Crippen molar-refractivity contribution >= 4 is 15.9 Å². The highest BCUT2D eigenvalue weighted by Crippen LogP contribution is 2.09. The van der Waals surface area contributed by atoms with E-state index >= 15 is 0 Å². The van der Waals surface area contributed by atoms with Crippen LogP contribution in [0.25, 0.3) is 0 Å². The molecule has 1 fully saturated rings. The zero-order valence-corrected chi connectivity index (χ0v) is 9.78. The summed E-state index contributed by atoms with van der Waals surface area (Å²) in [6.07, 6.45) is 0.500. The molecule has 0 radical (unpaired) electrons. The Morgan fingerprint density at radius 3 is 2.47 bits per heavy atom. The van der Waals surface area contributed by atoms with Gasteiger partial charge < -0.3 is 5.32 Å². The number of hydrogen-bond acceptors (Lipinski definition) is 4. The molecule has 1 aliphatic rings.